The maximum atomic E-state index is 12.2. The first-order valence-electron chi connectivity index (χ1n) is 10.5. The molecule has 1 amide bonds. The van der Waals surface area contributed by atoms with Gasteiger partial charge in [-0.2, -0.15) is 0 Å². The van der Waals surface area contributed by atoms with Crippen molar-refractivity contribution in [3.05, 3.63) is 65.2 Å². The highest BCUT2D eigenvalue weighted by molar-refractivity contribution is 5.78. The molecular weight excluding hydrogens is 332 g/mol. The Morgan fingerprint density at radius 3 is 2.48 bits per heavy atom. The van der Waals surface area contributed by atoms with Crippen LogP contribution in [0, 0.1) is 5.92 Å². The van der Waals surface area contributed by atoms with Crippen LogP contribution in [0.15, 0.2) is 48.5 Å². The average molecular weight is 363 g/mol. The van der Waals surface area contributed by atoms with Gasteiger partial charge in [0.2, 0.25) is 5.91 Å². The molecule has 0 bridgehead atoms. The lowest BCUT2D eigenvalue weighted by atomic mass is 9.88. The molecule has 142 valence electrons. The van der Waals surface area contributed by atoms with Crippen LogP contribution in [-0.4, -0.2) is 19.0 Å². The van der Waals surface area contributed by atoms with E-state index >= 15 is 0 Å². The van der Waals surface area contributed by atoms with Gasteiger partial charge in [0.15, 0.2) is 0 Å². The molecule has 0 atom stereocenters. The standard InChI is InChI=1S/C24H30N2O/c27-24(21-7-2-1-3-8-21)25-16-14-19-10-12-23(13-11-19)26-17-15-20-6-4-5-9-22(20)18-26/h4-6,9-13,21H,1-3,7-8,14-18H2,(H,25,27). The van der Waals surface area contributed by atoms with Crippen LogP contribution in [-0.2, 0) is 24.2 Å². The Bertz CT molecular complexity index is 762. The van der Waals surface area contributed by atoms with E-state index in [0.717, 1.165) is 45.3 Å². The lowest BCUT2D eigenvalue weighted by Crippen LogP contribution is -2.33. The highest BCUT2D eigenvalue weighted by atomic mass is 16.1. The number of nitrogens with zero attached hydrogens (tertiary/aromatic N) is 1. The van der Waals surface area contributed by atoms with Crippen molar-refractivity contribution in [2.45, 2.75) is 51.5 Å². The predicted octanol–water partition coefficient (Wildman–Crippen LogP) is 4.49. The number of carbonyl (C=O) groups excluding carboxylic acids is 1. The molecule has 2 aliphatic rings. The molecule has 2 aromatic rings. The summed E-state index contributed by atoms with van der Waals surface area (Å²) in [7, 11) is 0. The second-order valence-electron chi connectivity index (χ2n) is 7.98. The molecule has 3 nitrogen and oxygen atoms in total. The molecule has 27 heavy (non-hydrogen) atoms. The Kier molecular flexibility index (Phi) is 5.76. The molecular formula is C24H30N2O. The average Bonchev–Trinajstić information content (AvgIpc) is 2.74. The molecule has 4 rings (SSSR count). The molecule has 1 N–H and O–H groups in total. The van der Waals surface area contributed by atoms with Gasteiger partial charge in [0, 0.05) is 31.2 Å². The first-order valence-corrected chi connectivity index (χ1v) is 10.5. The van der Waals surface area contributed by atoms with Crippen LogP contribution in [0.4, 0.5) is 5.69 Å². The van der Waals surface area contributed by atoms with Gasteiger partial charge < -0.3 is 10.2 Å². The van der Waals surface area contributed by atoms with Gasteiger partial charge in [0.25, 0.3) is 0 Å². The van der Waals surface area contributed by atoms with Crippen molar-refractivity contribution in [2.24, 2.45) is 5.92 Å². The van der Waals surface area contributed by atoms with Crippen molar-refractivity contribution < 1.29 is 4.79 Å². The third-order valence-electron chi connectivity index (χ3n) is 6.12. The minimum atomic E-state index is 0.253. The van der Waals surface area contributed by atoms with Crippen molar-refractivity contribution >= 4 is 11.6 Å². The fourth-order valence-electron chi connectivity index (χ4n) is 4.43. The van der Waals surface area contributed by atoms with E-state index in [4.69, 9.17) is 0 Å². The van der Waals surface area contributed by atoms with Gasteiger partial charge in [-0.25, -0.2) is 0 Å². The van der Waals surface area contributed by atoms with Crippen molar-refractivity contribution in [1.29, 1.82) is 0 Å². The number of hydrogen-bond donors (Lipinski definition) is 1. The van der Waals surface area contributed by atoms with Gasteiger partial charge in [-0.15, -0.1) is 0 Å². The summed E-state index contributed by atoms with van der Waals surface area (Å²) in [6.45, 7) is 2.81. The van der Waals surface area contributed by atoms with Crippen molar-refractivity contribution in [1.82, 2.24) is 5.32 Å². The van der Waals surface area contributed by atoms with E-state index < -0.39 is 0 Å². The SMILES string of the molecule is O=C(NCCc1ccc(N2CCc3ccccc3C2)cc1)C1CCCCC1. The minimum Gasteiger partial charge on any atom is -0.367 e. The summed E-state index contributed by atoms with van der Waals surface area (Å²) in [6.07, 6.45) is 7.87. The summed E-state index contributed by atoms with van der Waals surface area (Å²) < 4.78 is 0. The largest absolute Gasteiger partial charge is 0.367 e. The summed E-state index contributed by atoms with van der Waals surface area (Å²) in [5.41, 5.74) is 5.51. The van der Waals surface area contributed by atoms with Crippen molar-refractivity contribution in [2.75, 3.05) is 18.0 Å². The highest BCUT2D eigenvalue weighted by Gasteiger charge is 2.20. The van der Waals surface area contributed by atoms with Gasteiger partial charge in [-0.05, 0) is 54.5 Å². The molecule has 1 aliphatic heterocycles. The number of fused-ring (bicyclic) bond motifs is 1. The van der Waals surface area contributed by atoms with E-state index in [1.165, 1.54) is 41.6 Å². The van der Waals surface area contributed by atoms with Crippen molar-refractivity contribution in [3.8, 4) is 0 Å². The molecule has 3 heteroatoms. The van der Waals surface area contributed by atoms with Gasteiger partial charge in [0.05, 0.1) is 0 Å². The molecule has 0 saturated heterocycles. The third-order valence-corrected chi connectivity index (χ3v) is 6.12. The quantitative estimate of drug-likeness (QED) is 0.850. The second kappa shape index (κ2) is 8.60. The number of carbonyl (C=O) groups is 1. The Labute approximate surface area is 162 Å². The minimum absolute atomic E-state index is 0.253. The molecule has 0 radical (unpaired) electrons. The molecule has 0 aromatic heterocycles. The zero-order chi connectivity index (χ0) is 18.5. The van der Waals surface area contributed by atoms with Crippen LogP contribution in [0.25, 0.3) is 0 Å². The fraction of sp³-hybridized carbons (Fsp3) is 0.458. The van der Waals surface area contributed by atoms with E-state index in [1.807, 2.05) is 0 Å². The third kappa shape index (κ3) is 4.52. The monoisotopic (exact) mass is 362 g/mol. The summed E-state index contributed by atoms with van der Waals surface area (Å²) in [4.78, 5) is 14.7. The van der Waals surface area contributed by atoms with Crippen LogP contribution < -0.4 is 10.2 Å². The lowest BCUT2D eigenvalue weighted by Gasteiger charge is -2.30. The summed E-state index contributed by atoms with van der Waals surface area (Å²) >= 11 is 0. The fourth-order valence-corrected chi connectivity index (χ4v) is 4.43. The van der Waals surface area contributed by atoms with E-state index in [1.54, 1.807) is 0 Å². The molecule has 2 aromatic carbocycles. The maximum Gasteiger partial charge on any atom is 0.223 e. The molecule has 0 unspecified atom stereocenters. The van der Waals surface area contributed by atoms with Crippen molar-refractivity contribution in [3.63, 3.8) is 0 Å². The zero-order valence-corrected chi connectivity index (χ0v) is 16.1. The topological polar surface area (TPSA) is 32.3 Å². The molecule has 0 spiro atoms. The summed E-state index contributed by atoms with van der Waals surface area (Å²) in [6, 6.07) is 17.6. The van der Waals surface area contributed by atoms with E-state index in [9.17, 15) is 4.79 Å². The first-order chi connectivity index (χ1) is 13.3. The number of amides is 1. The van der Waals surface area contributed by atoms with Crippen LogP contribution in [0.5, 0.6) is 0 Å². The Morgan fingerprint density at radius 2 is 1.70 bits per heavy atom. The zero-order valence-electron chi connectivity index (χ0n) is 16.1. The van der Waals surface area contributed by atoms with E-state index in [0.29, 0.717) is 0 Å². The Hall–Kier alpha value is -2.29. The van der Waals surface area contributed by atoms with E-state index in [2.05, 4.69) is 58.7 Å². The predicted molar refractivity (Wildman–Crippen MR) is 111 cm³/mol. The van der Waals surface area contributed by atoms with Crippen LogP contribution in [0.3, 0.4) is 0 Å². The second-order valence-corrected chi connectivity index (χ2v) is 7.98. The van der Waals surface area contributed by atoms with Crippen LogP contribution in [0.1, 0.15) is 48.8 Å². The van der Waals surface area contributed by atoms with Gasteiger partial charge in [0.1, 0.15) is 0 Å². The number of benzene rings is 2. The highest BCUT2D eigenvalue weighted by Crippen LogP contribution is 2.25. The molecule has 1 saturated carbocycles. The Balaban J connectivity index is 1.27. The maximum absolute atomic E-state index is 12.2. The normalized spacial score (nSPS) is 17.4. The first kappa shape index (κ1) is 18.1. The molecule has 1 fully saturated rings. The molecule has 1 aliphatic carbocycles. The van der Waals surface area contributed by atoms with Gasteiger partial charge in [-0.3, -0.25) is 4.79 Å². The number of hydrogen-bond acceptors (Lipinski definition) is 2. The number of nitrogens with one attached hydrogen (secondary N) is 1. The lowest BCUT2D eigenvalue weighted by molar-refractivity contribution is -0.125. The van der Waals surface area contributed by atoms with Gasteiger partial charge >= 0.3 is 0 Å². The van der Waals surface area contributed by atoms with Gasteiger partial charge in [-0.1, -0.05) is 55.7 Å². The van der Waals surface area contributed by atoms with Crippen LogP contribution >= 0.6 is 0 Å². The van der Waals surface area contributed by atoms with E-state index in [-0.39, 0.29) is 11.8 Å². The number of anilines is 1. The summed E-state index contributed by atoms with van der Waals surface area (Å²) in [5.74, 6) is 0.515. The molecule has 1 heterocycles. The number of rotatable bonds is 5. The Morgan fingerprint density at radius 1 is 0.963 bits per heavy atom. The summed E-state index contributed by atoms with van der Waals surface area (Å²) in [5, 5.41) is 3.14. The van der Waals surface area contributed by atoms with Crippen LogP contribution in [0.2, 0.25) is 0 Å². The smallest absolute Gasteiger partial charge is 0.223 e.